The van der Waals surface area contributed by atoms with E-state index in [0.717, 1.165) is 0 Å². The predicted molar refractivity (Wildman–Crippen MR) is 58.2 cm³/mol. The highest BCUT2D eigenvalue weighted by atomic mass is 19.4. The molecule has 18 heavy (non-hydrogen) atoms. The zero-order chi connectivity index (χ0) is 13.6. The van der Waals surface area contributed by atoms with Crippen LogP contribution in [0.15, 0.2) is 24.3 Å². The SMILES string of the molecule is COC(=O)CCNc1cccc(OC(F)(F)F)c1. The quantitative estimate of drug-likeness (QED) is 0.829. The van der Waals surface area contributed by atoms with Gasteiger partial charge in [-0.3, -0.25) is 4.79 Å². The van der Waals surface area contributed by atoms with E-state index < -0.39 is 12.3 Å². The summed E-state index contributed by atoms with van der Waals surface area (Å²) in [6, 6.07) is 5.38. The number of benzene rings is 1. The van der Waals surface area contributed by atoms with Crippen LogP contribution in [-0.4, -0.2) is 26.0 Å². The highest BCUT2D eigenvalue weighted by Gasteiger charge is 2.31. The van der Waals surface area contributed by atoms with Gasteiger partial charge in [0, 0.05) is 18.3 Å². The number of ether oxygens (including phenoxy) is 2. The number of carbonyl (C=O) groups excluding carboxylic acids is 1. The molecule has 0 spiro atoms. The van der Waals surface area contributed by atoms with E-state index >= 15 is 0 Å². The monoisotopic (exact) mass is 263 g/mol. The number of nitrogens with one attached hydrogen (secondary N) is 1. The van der Waals surface area contributed by atoms with E-state index in [1.807, 2.05) is 0 Å². The van der Waals surface area contributed by atoms with Crippen LogP contribution in [0.3, 0.4) is 0 Å². The highest BCUT2D eigenvalue weighted by molar-refractivity contribution is 5.69. The molecule has 1 rings (SSSR count). The van der Waals surface area contributed by atoms with Gasteiger partial charge in [-0.1, -0.05) is 6.07 Å². The maximum Gasteiger partial charge on any atom is 0.573 e. The van der Waals surface area contributed by atoms with Crippen LogP contribution in [0.1, 0.15) is 6.42 Å². The fourth-order valence-corrected chi connectivity index (χ4v) is 1.21. The van der Waals surface area contributed by atoms with Crippen molar-refractivity contribution in [3.8, 4) is 5.75 Å². The molecule has 0 aliphatic carbocycles. The van der Waals surface area contributed by atoms with E-state index in [1.54, 1.807) is 6.07 Å². The molecule has 0 fully saturated rings. The van der Waals surface area contributed by atoms with Crippen molar-refractivity contribution in [2.75, 3.05) is 19.0 Å². The molecule has 0 aliphatic heterocycles. The molecule has 0 atom stereocenters. The molecule has 0 radical (unpaired) electrons. The number of carbonyl (C=O) groups is 1. The number of hydrogen-bond donors (Lipinski definition) is 1. The van der Waals surface area contributed by atoms with Crippen molar-refractivity contribution >= 4 is 11.7 Å². The predicted octanol–water partition coefficient (Wildman–Crippen LogP) is 2.56. The van der Waals surface area contributed by atoms with Crippen molar-refractivity contribution in [2.45, 2.75) is 12.8 Å². The third kappa shape index (κ3) is 5.42. The summed E-state index contributed by atoms with van der Waals surface area (Å²) in [6.45, 7) is 0.266. The van der Waals surface area contributed by atoms with Gasteiger partial charge in [-0.25, -0.2) is 0 Å². The molecule has 0 saturated carbocycles. The lowest BCUT2D eigenvalue weighted by Gasteiger charge is -2.10. The van der Waals surface area contributed by atoms with Gasteiger partial charge in [-0.05, 0) is 12.1 Å². The molecule has 0 heterocycles. The van der Waals surface area contributed by atoms with Gasteiger partial charge >= 0.3 is 12.3 Å². The lowest BCUT2D eigenvalue weighted by atomic mass is 10.3. The van der Waals surface area contributed by atoms with Crippen LogP contribution < -0.4 is 10.1 Å². The largest absolute Gasteiger partial charge is 0.573 e. The Hall–Kier alpha value is -1.92. The fraction of sp³-hybridized carbons (Fsp3) is 0.364. The topological polar surface area (TPSA) is 47.6 Å². The Morgan fingerprint density at radius 2 is 2.11 bits per heavy atom. The first kappa shape index (κ1) is 14.1. The Morgan fingerprint density at radius 1 is 1.39 bits per heavy atom. The van der Waals surface area contributed by atoms with E-state index in [-0.39, 0.29) is 18.7 Å². The number of rotatable bonds is 5. The Kier molecular flexibility index (Phi) is 4.82. The second-order valence-corrected chi connectivity index (χ2v) is 3.33. The molecule has 0 unspecified atom stereocenters. The Bertz CT molecular complexity index is 407. The van der Waals surface area contributed by atoms with Crippen molar-refractivity contribution in [2.24, 2.45) is 0 Å². The first-order valence-electron chi connectivity index (χ1n) is 5.07. The van der Waals surface area contributed by atoms with Gasteiger partial charge in [0.15, 0.2) is 0 Å². The Morgan fingerprint density at radius 3 is 2.72 bits per heavy atom. The standard InChI is InChI=1S/C11H12F3NO3/c1-17-10(16)5-6-15-8-3-2-4-9(7-8)18-11(12,13)14/h2-4,7,15H,5-6H2,1H3. The average Bonchev–Trinajstić information content (AvgIpc) is 2.27. The number of esters is 1. The van der Waals surface area contributed by atoms with Crippen LogP contribution in [-0.2, 0) is 9.53 Å². The van der Waals surface area contributed by atoms with Crippen LogP contribution >= 0.6 is 0 Å². The van der Waals surface area contributed by atoms with E-state index in [2.05, 4.69) is 14.8 Å². The first-order valence-corrected chi connectivity index (χ1v) is 5.07. The minimum atomic E-state index is -4.72. The number of alkyl halides is 3. The molecule has 1 aromatic carbocycles. The van der Waals surface area contributed by atoms with Crippen LogP contribution in [0.2, 0.25) is 0 Å². The molecular formula is C11H12F3NO3. The average molecular weight is 263 g/mol. The van der Waals surface area contributed by atoms with Crippen molar-refractivity contribution < 1.29 is 27.4 Å². The van der Waals surface area contributed by atoms with Gasteiger partial charge in [-0.2, -0.15) is 0 Å². The second kappa shape index (κ2) is 6.13. The zero-order valence-electron chi connectivity index (χ0n) is 9.58. The fourth-order valence-electron chi connectivity index (χ4n) is 1.21. The summed E-state index contributed by atoms with van der Waals surface area (Å²) in [7, 11) is 1.26. The van der Waals surface area contributed by atoms with Gasteiger partial charge in [0.05, 0.1) is 13.5 Å². The summed E-state index contributed by atoms with van der Waals surface area (Å²) in [4.78, 5) is 10.8. The van der Waals surface area contributed by atoms with Gasteiger partial charge < -0.3 is 14.8 Å². The molecule has 1 aromatic rings. The zero-order valence-corrected chi connectivity index (χ0v) is 9.58. The smallest absolute Gasteiger partial charge is 0.469 e. The van der Waals surface area contributed by atoms with Crippen LogP contribution in [0, 0.1) is 0 Å². The summed E-state index contributed by atoms with van der Waals surface area (Å²) in [5.41, 5.74) is 0.431. The molecule has 0 saturated heterocycles. The van der Waals surface area contributed by atoms with Gasteiger partial charge in [0.1, 0.15) is 5.75 Å². The maximum atomic E-state index is 12.0. The van der Waals surface area contributed by atoms with Crippen molar-refractivity contribution in [3.63, 3.8) is 0 Å². The third-order valence-electron chi connectivity index (χ3n) is 1.95. The van der Waals surface area contributed by atoms with Crippen molar-refractivity contribution in [1.82, 2.24) is 0 Å². The Balaban J connectivity index is 2.52. The summed E-state index contributed by atoms with van der Waals surface area (Å²) < 4.78 is 44.1. The normalized spacial score (nSPS) is 10.9. The third-order valence-corrected chi connectivity index (χ3v) is 1.95. The van der Waals surface area contributed by atoms with Gasteiger partial charge in [0.25, 0.3) is 0 Å². The van der Waals surface area contributed by atoms with E-state index in [9.17, 15) is 18.0 Å². The first-order chi connectivity index (χ1) is 8.40. The summed E-state index contributed by atoms with van der Waals surface area (Å²) >= 11 is 0. The molecular weight excluding hydrogens is 251 g/mol. The lowest BCUT2D eigenvalue weighted by molar-refractivity contribution is -0.274. The summed E-state index contributed by atoms with van der Waals surface area (Å²) in [5.74, 6) is -0.712. The Labute approximate surface area is 102 Å². The van der Waals surface area contributed by atoms with Gasteiger partial charge in [0.2, 0.25) is 0 Å². The van der Waals surface area contributed by atoms with Crippen molar-refractivity contribution in [1.29, 1.82) is 0 Å². The minimum absolute atomic E-state index is 0.126. The molecule has 0 bridgehead atoms. The highest BCUT2D eigenvalue weighted by Crippen LogP contribution is 2.24. The van der Waals surface area contributed by atoms with E-state index in [1.165, 1.54) is 25.3 Å². The van der Waals surface area contributed by atoms with Crippen LogP contribution in [0.25, 0.3) is 0 Å². The second-order valence-electron chi connectivity index (χ2n) is 3.33. The summed E-state index contributed by atoms with van der Waals surface area (Å²) in [6.07, 6.45) is -4.59. The number of halogens is 3. The number of anilines is 1. The molecule has 7 heteroatoms. The molecule has 100 valence electrons. The number of methoxy groups -OCH3 is 1. The minimum Gasteiger partial charge on any atom is -0.469 e. The molecule has 0 aliphatic rings. The molecule has 0 amide bonds. The van der Waals surface area contributed by atoms with E-state index in [0.29, 0.717) is 5.69 Å². The summed E-state index contributed by atoms with van der Waals surface area (Å²) in [5, 5.41) is 2.79. The van der Waals surface area contributed by atoms with Crippen LogP contribution in [0.5, 0.6) is 5.75 Å². The number of hydrogen-bond acceptors (Lipinski definition) is 4. The van der Waals surface area contributed by atoms with Crippen LogP contribution in [0.4, 0.5) is 18.9 Å². The lowest BCUT2D eigenvalue weighted by Crippen LogP contribution is -2.17. The molecule has 4 nitrogen and oxygen atoms in total. The molecule has 1 N–H and O–H groups in total. The van der Waals surface area contributed by atoms with Gasteiger partial charge in [-0.15, -0.1) is 13.2 Å². The maximum absolute atomic E-state index is 12.0. The van der Waals surface area contributed by atoms with E-state index in [4.69, 9.17) is 0 Å². The molecule has 0 aromatic heterocycles. The van der Waals surface area contributed by atoms with Crippen molar-refractivity contribution in [3.05, 3.63) is 24.3 Å².